The van der Waals surface area contributed by atoms with Crippen LogP contribution in [0.1, 0.15) is 24.7 Å². The Balaban J connectivity index is 0.00000144. The van der Waals surface area contributed by atoms with Crippen molar-refractivity contribution in [3.63, 3.8) is 0 Å². The van der Waals surface area contributed by atoms with E-state index in [0.717, 1.165) is 0 Å². The van der Waals surface area contributed by atoms with E-state index < -0.39 is 0 Å². The fraction of sp³-hybridized carbons (Fsp3) is 0.400. The Labute approximate surface area is 79.0 Å². The molecule has 0 saturated heterocycles. The van der Waals surface area contributed by atoms with Gasteiger partial charge in [-0.1, -0.05) is 7.43 Å². The molecule has 1 aromatic rings. The first-order chi connectivity index (χ1) is 5.74. The molecular weight excluding hydrogens is 166 g/mol. The van der Waals surface area contributed by atoms with E-state index in [2.05, 4.69) is 0 Å². The van der Waals surface area contributed by atoms with Crippen molar-refractivity contribution in [2.45, 2.75) is 14.4 Å². The largest absolute Gasteiger partial charge is 0.462 e. The highest BCUT2D eigenvalue weighted by atomic mass is 16.5. The molecule has 1 heterocycles. The third-order valence-electron chi connectivity index (χ3n) is 1.45. The van der Waals surface area contributed by atoms with Crippen molar-refractivity contribution < 1.29 is 14.1 Å². The molecule has 1 rings (SSSR count). The molecule has 72 valence electrons. The number of pyridine rings is 1. The van der Waals surface area contributed by atoms with Gasteiger partial charge in [-0.2, -0.15) is 0 Å². The van der Waals surface area contributed by atoms with Gasteiger partial charge in [-0.3, -0.25) is 0 Å². The summed E-state index contributed by atoms with van der Waals surface area (Å²) in [6, 6.07) is 3.55. The molecule has 0 aromatic carbocycles. The van der Waals surface area contributed by atoms with Gasteiger partial charge in [-0.15, -0.1) is 0 Å². The average molecular weight is 182 g/mol. The highest BCUT2D eigenvalue weighted by molar-refractivity contribution is 5.88. The second-order valence-electron chi connectivity index (χ2n) is 2.48. The number of hydrogen-bond acceptors (Lipinski definition) is 2. The van der Waals surface area contributed by atoms with Crippen molar-refractivity contribution in [3.8, 4) is 0 Å². The van der Waals surface area contributed by atoms with E-state index in [-0.39, 0.29) is 13.4 Å². The number of carbonyl (C=O) groups is 1. The van der Waals surface area contributed by atoms with Crippen molar-refractivity contribution in [2.75, 3.05) is 6.61 Å². The monoisotopic (exact) mass is 182 g/mol. The first-order valence-electron chi connectivity index (χ1n) is 3.86. The van der Waals surface area contributed by atoms with Crippen LogP contribution in [0, 0.1) is 0 Å². The lowest BCUT2D eigenvalue weighted by Crippen LogP contribution is -2.28. The van der Waals surface area contributed by atoms with Gasteiger partial charge < -0.3 is 4.74 Å². The van der Waals surface area contributed by atoms with Gasteiger partial charge in [0.05, 0.1) is 6.61 Å². The maximum atomic E-state index is 11.2. The number of rotatable bonds is 2. The van der Waals surface area contributed by atoms with Crippen LogP contribution in [-0.2, 0) is 11.8 Å². The normalized spacial score (nSPS) is 8.77. The standard InChI is InChI=1S/C9H12NO2.CH4/c1-3-12-9(11)8-5-4-6-10(2)7-8;/h4-7H,3H2,1-2H3;1H4/q+1;. The summed E-state index contributed by atoms with van der Waals surface area (Å²) in [5.74, 6) is -0.270. The lowest BCUT2D eigenvalue weighted by atomic mass is 10.3. The van der Waals surface area contributed by atoms with E-state index in [9.17, 15) is 4.79 Å². The summed E-state index contributed by atoms with van der Waals surface area (Å²) in [5.41, 5.74) is 0.585. The Bertz CT molecular complexity index is 284. The average Bonchev–Trinajstić information content (AvgIpc) is 2.05. The smallest absolute Gasteiger partial charge is 0.344 e. The van der Waals surface area contributed by atoms with E-state index in [1.165, 1.54) is 0 Å². The SMILES string of the molecule is C.CCOC(=O)c1ccc[n+](C)c1. The van der Waals surface area contributed by atoms with Crippen LogP contribution in [-0.4, -0.2) is 12.6 Å². The zero-order valence-electron chi connectivity index (χ0n) is 7.28. The summed E-state index contributed by atoms with van der Waals surface area (Å²) in [6.07, 6.45) is 3.60. The van der Waals surface area contributed by atoms with Gasteiger partial charge in [-0.25, -0.2) is 9.36 Å². The minimum Gasteiger partial charge on any atom is -0.462 e. The van der Waals surface area contributed by atoms with Crippen molar-refractivity contribution in [1.82, 2.24) is 0 Å². The van der Waals surface area contributed by atoms with Crippen LogP contribution < -0.4 is 4.57 Å². The number of esters is 1. The first kappa shape index (κ1) is 11.6. The van der Waals surface area contributed by atoms with Crippen molar-refractivity contribution in [3.05, 3.63) is 30.1 Å². The number of aryl methyl sites for hydroxylation is 1. The Morgan fingerprint density at radius 2 is 2.31 bits per heavy atom. The lowest BCUT2D eigenvalue weighted by Gasteiger charge is -1.98. The molecule has 0 bridgehead atoms. The molecule has 0 aliphatic heterocycles. The predicted molar refractivity (Wildman–Crippen MR) is 50.3 cm³/mol. The molecule has 0 amide bonds. The maximum Gasteiger partial charge on any atom is 0.344 e. The summed E-state index contributed by atoms with van der Waals surface area (Å²) in [4.78, 5) is 11.2. The van der Waals surface area contributed by atoms with Crippen LogP contribution in [0.3, 0.4) is 0 Å². The number of nitrogens with zero attached hydrogens (tertiary/aromatic N) is 1. The van der Waals surface area contributed by atoms with Gasteiger partial charge in [0.15, 0.2) is 12.4 Å². The van der Waals surface area contributed by atoms with Gasteiger partial charge in [0.1, 0.15) is 12.6 Å². The van der Waals surface area contributed by atoms with Crippen LogP contribution in [0.4, 0.5) is 0 Å². The molecule has 13 heavy (non-hydrogen) atoms. The Morgan fingerprint density at radius 3 is 2.85 bits per heavy atom. The molecule has 0 saturated carbocycles. The molecule has 0 aliphatic carbocycles. The molecule has 3 nitrogen and oxygen atoms in total. The molecule has 0 unspecified atom stereocenters. The molecular formula is C10H16NO2+. The Kier molecular flexibility index (Phi) is 4.74. The fourth-order valence-corrected chi connectivity index (χ4v) is 0.923. The van der Waals surface area contributed by atoms with Gasteiger partial charge in [0.2, 0.25) is 0 Å². The third kappa shape index (κ3) is 3.23. The molecule has 0 radical (unpaired) electrons. The Morgan fingerprint density at radius 1 is 1.62 bits per heavy atom. The summed E-state index contributed by atoms with van der Waals surface area (Å²) in [5, 5.41) is 0. The summed E-state index contributed by atoms with van der Waals surface area (Å²) in [6.45, 7) is 2.21. The predicted octanol–water partition coefficient (Wildman–Crippen LogP) is 1.32. The van der Waals surface area contributed by atoms with Gasteiger partial charge in [0, 0.05) is 6.07 Å². The number of carbonyl (C=O) groups excluding carboxylic acids is 1. The van der Waals surface area contributed by atoms with Gasteiger partial charge in [0.25, 0.3) is 0 Å². The topological polar surface area (TPSA) is 30.2 Å². The summed E-state index contributed by atoms with van der Waals surface area (Å²) >= 11 is 0. The van der Waals surface area contributed by atoms with E-state index >= 15 is 0 Å². The van der Waals surface area contributed by atoms with E-state index in [1.54, 1.807) is 19.2 Å². The summed E-state index contributed by atoms with van der Waals surface area (Å²) < 4.78 is 6.64. The molecule has 0 spiro atoms. The minimum atomic E-state index is -0.270. The van der Waals surface area contributed by atoms with E-state index in [1.807, 2.05) is 23.9 Å². The highest BCUT2D eigenvalue weighted by Crippen LogP contribution is 1.96. The van der Waals surface area contributed by atoms with Gasteiger partial charge in [-0.05, 0) is 13.0 Å². The van der Waals surface area contributed by atoms with Crippen molar-refractivity contribution in [2.24, 2.45) is 7.05 Å². The maximum absolute atomic E-state index is 11.2. The van der Waals surface area contributed by atoms with Crippen LogP contribution in [0.15, 0.2) is 24.5 Å². The summed E-state index contributed by atoms with van der Waals surface area (Å²) in [7, 11) is 1.86. The quantitative estimate of drug-likeness (QED) is 0.510. The van der Waals surface area contributed by atoms with Crippen LogP contribution >= 0.6 is 0 Å². The number of aromatic nitrogens is 1. The van der Waals surface area contributed by atoms with Crippen LogP contribution in [0.5, 0.6) is 0 Å². The second kappa shape index (κ2) is 5.30. The van der Waals surface area contributed by atoms with Crippen LogP contribution in [0.25, 0.3) is 0 Å². The zero-order chi connectivity index (χ0) is 8.97. The molecule has 0 aliphatic rings. The number of hydrogen-bond donors (Lipinski definition) is 0. The van der Waals surface area contributed by atoms with Crippen molar-refractivity contribution in [1.29, 1.82) is 0 Å². The molecule has 3 heteroatoms. The third-order valence-corrected chi connectivity index (χ3v) is 1.45. The highest BCUT2D eigenvalue weighted by Gasteiger charge is 2.08. The second-order valence-corrected chi connectivity index (χ2v) is 2.48. The molecule has 0 fully saturated rings. The zero-order valence-corrected chi connectivity index (χ0v) is 7.28. The fourth-order valence-electron chi connectivity index (χ4n) is 0.923. The molecule has 0 atom stereocenters. The van der Waals surface area contributed by atoms with E-state index in [0.29, 0.717) is 12.2 Å². The van der Waals surface area contributed by atoms with Crippen molar-refractivity contribution >= 4 is 5.97 Å². The first-order valence-corrected chi connectivity index (χ1v) is 3.86. The minimum absolute atomic E-state index is 0. The lowest BCUT2D eigenvalue weighted by molar-refractivity contribution is -0.671. The van der Waals surface area contributed by atoms with E-state index in [4.69, 9.17) is 4.74 Å². The van der Waals surface area contributed by atoms with Crippen LogP contribution in [0.2, 0.25) is 0 Å². The number of ether oxygens (including phenoxy) is 1. The Hall–Kier alpha value is -1.38. The molecule has 1 aromatic heterocycles. The molecule has 0 N–H and O–H groups in total. The van der Waals surface area contributed by atoms with Gasteiger partial charge >= 0.3 is 5.97 Å².